The molecule has 1 saturated heterocycles. The highest BCUT2D eigenvalue weighted by Gasteiger charge is 2.21. The summed E-state index contributed by atoms with van der Waals surface area (Å²) in [7, 11) is 0. The molecule has 1 fully saturated rings. The smallest absolute Gasteiger partial charge is 0.252 e. The first-order valence-corrected chi connectivity index (χ1v) is 8.57. The van der Waals surface area contributed by atoms with E-state index in [2.05, 4.69) is 36.1 Å². The lowest BCUT2D eigenvalue weighted by Gasteiger charge is -2.32. The summed E-state index contributed by atoms with van der Waals surface area (Å²) in [6, 6.07) is 7.49. The number of carbonyl (C=O) groups is 1. The molecule has 23 heavy (non-hydrogen) atoms. The predicted octanol–water partition coefficient (Wildman–Crippen LogP) is 2.89. The molecule has 0 aliphatic carbocycles. The average Bonchev–Trinajstić information content (AvgIpc) is 2.61. The van der Waals surface area contributed by atoms with Gasteiger partial charge in [-0.3, -0.25) is 9.78 Å². The highest BCUT2D eigenvalue weighted by Crippen LogP contribution is 2.21. The Kier molecular flexibility index (Phi) is 5.23. The molecule has 6 heteroatoms. The zero-order valence-electron chi connectivity index (χ0n) is 12.8. The molecule has 1 aliphatic rings. The molecule has 0 atom stereocenters. The third kappa shape index (κ3) is 4.07. The van der Waals surface area contributed by atoms with Crippen LogP contribution in [0.4, 0.5) is 5.82 Å². The van der Waals surface area contributed by atoms with E-state index in [4.69, 9.17) is 0 Å². The molecular weight excluding hydrogens is 356 g/mol. The second kappa shape index (κ2) is 7.55. The Bertz CT molecular complexity index is 657. The summed E-state index contributed by atoms with van der Waals surface area (Å²) in [5.74, 6) is 1.42. The highest BCUT2D eigenvalue weighted by atomic mass is 79.9. The van der Waals surface area contributed by atoms with Crippen LogP contribution >= 0.6 is 15.9 Å². The van der Waals surface area contributed by atoms with Crippen molar-refractivity contribution in [3.8, 4) is 0 Å². The molecule has 0 bridgehead atoms. The number of carbonyl (C=O) groups excluding carboxylic acids is 1. The lowest BCUT2D eigenvalue weighted by atomic mass is 9.96. The minimum atomic E-state index is -0.0196. The Hall–Kier alpha value is -1.95. The van der Waals surface area contributed by atoms with Crippen LogP contribution in [-0.4, -0.2) is 35.5 Å². The number of hydrogen-bond donors (Lipinski definition) is 1. The number of piperidine rings is 1. The second-order valence-electron chi connectivity index (χ2n) is 5.68. The van der Waals surface area contributed by atoms with Gasteiger partial charge in [0.15, 0.2) is 0 Å². The molecular formula is C17H19BrN4O. The molecule has 0 saturated carbocycles. The van der Waals surface area contributed by atoms with Crippen molar-refractivity contribution in [2.75, 3.05) is 24.5 Å². The minimum absolute atomic E-state index is 0.0196. The summed E-state index contributed by atoms with van der Waals surface area (Å²) in [6.07, 6.45) is 7.31. The van der Waals surface area contributed by atoms with E-state index in [-0.39, 0.29) is 5.91 Å². The molecule has 1 amide bonds. The Morgan fingerprint density at radius 1 is 1.26 bits per heavy atom. The molecule has 1 aromatic heterocycles. The Labute approximate surface area is 144 Å². The first-order chi connectivity index (χ1) is 11.2. The van der Waals surface area contributed by atoms with Crippen molar-refractivity contribution in [2.45, 2.75) is 12.8 Å². The van der Waals surface area contributed by atoms with Crippen molar-refractivity contribution in [1.82, 2.24) is 15.3 Å². The number of nitrogens with zero attached hydrogens (tertiary/aromatic N) is 3. The van der Waals surface area contributed by atoms with E-state index >= 15 is 0 Å². The van der Waals surface area contributed by atoms with Crippen molar-refractivity contribution < 1.29 is 4.79 Å². The van der Waals surface area contributed by atoms with E-state index in [0.717, 1.165) is 36.2 Å². The normalized spacial score (nSPS) is 15.4. The van der Waals surface area contributed by atoms with E-state index in [9.17, 15) is 4.79 Å². The van der Waals surface area contributed by atoms with Gasteiger partial charge in [0, 0.05) is 36.5 Å². The van der Waals surface area contributed by atoms with Crippen molar-refractivity contribution in [2.24, 2.45) is 5.92 Å². The fraction of sp³-hybridized carbons (Fsp3) is 0.353. The van der Waals surface area contributed by atoms with E-state index in [1.165, 1.54) is 0 Å². The first kappa shape index (κ1) is 15.9. The van der Waals surface area contributed by atoms with Gasteiger partial charge in [-0.15, -0.1) is 0 Å². The van der Waals surface area contributed by atoms with Crippen molar-refractivity contribution in [1.29, 1.82) is 0 Å². The van der Waals surface area contributed by atoms with Crippen LogP contribution in [0.25, 0.3) is 0 Å². The topological polar surface area (TPSA) is 58.1 Å². The molecule has 0 radical (unpaired) electrons. The van der Waals surface area contributed by atoms with Crippen LogP contribution in [0.15, 0.2) is 47.3 Å². The number of halogens is 1. The molecule has 3 rings (SSSR count). The number of amides is 1. The number of anilines is 1. The lowest BCUT2D eigenvalue weighted by molar-refractivity contribution is 0.0944. The maximum atomic E-state index is 12.2. The molecule has 1 aromatic carbocycles. The van der Waals surface area contributed by atoms with Crippen molar-refractivity contribution in [3.63, 3.8) is 0 Å². The third-order valence-electron chi connectivity index (χ3n) is 4.16. The molecule has 1 aliphatic heterocycles. The molecule has 120 valence electrons. The van der Waals surface area contributed by atoms with Crippen LogP contribution in [0.3, 0.4) is 0 Å². The summed E-state index contributed by atoms with van der Waals surface area (Å²) in [4.78, 5) is 22.9. The van der Waals surface area contributed by atoms with Gasteiger partial charge in [0.25, 0.3) is 5.91 Å². The van der Waals surface area contributed by atoms with Crippen LogP contribution in [0, 0.1) is 5.92 Å². The van der Waals surface area contributed by atoms with Crippen LogP contribution in [-0.2, 0) is 0 Å². The molecule has 1 N–H and O–H groups in total. The van der Waals surface area contributed by atoms with Gasteiger partial charge < -0.3 is 10.2 Å². The zero-order chi connectivity index (χ0) is 16.1. The predicted molar refractivity (Wildman–Crippen MR) is 93.4 cm³/mol. The average molecular weight is 375 g/mol. The molecule has 5 nitrogen and oxygen atoms in total. The summed E-state index contributed by atoms with van der Waals surface area (Å²) >= 11 is 3.42. The Morgan fingerprint density at radius 2 is 2.04 bits per heavy atom. The monoisotopic (exact) mass is 374 g/mol. The first-order valence-electron chi connectivity index (χ1n) is 7.78. The van der Waals surface area contributed by atoms with Gasteiger partial charge in [-0.05, 0) is 46.8 Å². The molecule has 0 unspecified atom stereocenters. The Morgan fingerprint density at radius 3 is 2.74 bits per heavy atom. The number of benzene rings is 1. The van der Waals surface area contributed by atoms with Crippen LogP contribution in [0.2, 0.25) is 0 Å². The van der Waals surface area contributed by atoms with E-state index in [1.807, 2.05) is 24.3 Å². The second-order valence-corrected chi connectivity index (χ2v) is 6.54. The summed E-state index contributed by atoms with van der Waals surface area (Å²) < 4.78 is 0.829. The highest BCUT2D eigenvalue weighted by molar-refractivity contribution is 9.10. The standard InChI is InChI=1S/C17H19BrN4O/c18-15-4-2-1-3-14(15)17(23)21-11-13-5-9-22(10-6-13)16-12-19-7-8-20-16/h1-4,7-8,12-13H,5-6,9-11H2,(H,21,23). The fourth-order valence-corrected chi connectivity index (χ4v) is 3.26. The summed E-state index contributed by atoms with van der Waals surface area (Å²) in [5.41, 5.74) is 0.685. The van der Waals surface area contributed by atoms with Crippen LogP contribution in [0.1, 0.15) is 23.2 Å². The van der Waals surface area contributed by atoms with Crippen molar-refractivity contribution in [3.05, 3.63) is 52.9 Å². The lowest BCUT2D eigenvalue weighted by Crippen LogP contribution is -2.39. The van der Waals surface area contributed by atoms with Crippen molar-refractivity contribution >= 4 is 27.7 Å². The van der Waals surface area contributed by atoms with Gasteiger partial charge in [0.2, 0.25) is 0 Å². The number of nitrogens with one attached hydrogen (secondary N) is 1. The number of hydrogen-bond acceptors (Lipinski definition) is 4. The third-order valence-corrected chi connectivity index (χ3v) is 4.85. The van der Waals surface area contributed by atoms with Gasteiger partial charge in [0.1, 0.15) is 5.82 Å². The maximum Gasteiger partial charge on any atom is 0.252 e. The van der Waals surface area contributed by atoms with E-state index in [0.29, 0.717) is 18.0 Å². The van der Waals surface area contributed by atoms with Crippen LogP contribution in [0.5, 0.6) is 0 Å². The molecule has 0 spiro atoms. The fourth-order valence-electron chi connectivity index (χ4n) is 2.80. The van der Waals surface area contributed by atoms with Gasteiger partial charge >= 0.3 is 0 Å². The molecule has 2 heterocycles. The zero-order valence-corrected chi connectivity index (χ0v) is 14.4. The van der Waals surface area contributed by atoms with Gasteiger partial charge in [-0.1, -0.05) is 12.1 Å². The Balaban J connectivity index is 1.48. The minimum Gasteiger partial charge on any atom is -0.355 e. The van der Waals surface area contributed by atoms with E-state index < -0.39 is 0 Å². The molecule has 2 aromatic rings. The largest absolute Gasteiger partial charge is 0.355 e. The van der Waals surface area contributed by atoms with Gasteiger partial charge in [-0.2, -0.15) is 0 Å². The number of rotatable bonds is 4. The number of aromatic nitrogens is 2. The summed E-state index contributed by atoms with van der Waals surface area (Å²) in [5, 5.41) is 3.05. The quantitative estimate of drug-likeness (QED) is 0.893. The van der Waals surface area contributed by atoms with Crippen LogP contribution < -0.4 is 10.2 Å². The maximum absolute atomic E-state index is 12.2. The van der Waals surface area contributed by atoms with E-state index in [1.54, 1.807) is 18.6 Å². The SMILES string of the molecule is O=C(NCC1CCN(c2cnccn2)CC1)c1ccccc1Br. The van der Waals surface area contributed by atoms with Gasteiger partial charge in [-0.25, -0.2) is 4.98 Å². The summed E-state index contributed by atoms with van der Waals surface area (Å²) in [6.45, 7) is 2.62. The van der Waals surface area contributed by atoms with Gasteiger partial charge in [0.05, 0.1) is 11.8 Å².